The molecule has 0 unspecified atom stereocenters. The highest BCUT2D eigenvalue weighted by Crippen LogP contribution is 2.24. The zero-order chi connectivity index (χ0) is 26.0. The molecule has 6 nitrogen and oxygen atoms in total. The number of ether oxygens (including phenoxy) is 1. The van der Waals surface area contributed by atoms with Crippen molar-refractivity contribution < 1.29 is 23.1 Å². The van der Waals surface area contributed by atoms with E-state index < -0.39 is 11.6 Å². The predicted molar refractivity (Wildman–Crippen MR) is 137 cm³/mol. The Morgan fingerprint density at radius 1 is 0.919 bits per heavy atom. The topological polar surface area (TPSA) is 70.7 Å². The van der Waals surface area contributed by atoms with Crippen molar-refractivity contribution in [2.45, 2.75) is 38.9 Å². The SMILES string of the molecule is O=C1CN(Cc2ccccc2)Cc2ccc(C(=O)NCc3cc(F)cc(F)c3)cc2OCCCCCN1. The minimum atomic E-state index is -0.693. The molecule has 0 radical (unpaired) electrons. The van der Waals surface area contributed by atoms with Gasteiger partial charge < -0.3 is 15.4 Å². The Balaban J connectivity index is 1.53. The second-order valence-electron chi connectivity index (χ2n) is 9.17. The minimum absolute atomic E-state index is 0.00851. The lowest BCUT2D eigenvalue weighted by Crippen LogP contribution is -2.37. The van der Waals surface area contributed by atoms with Crippen molar-refractivity contribution in [2.24, 2.45) is 0 Å². The summed E-state index contributed by atoms with van der Waals surface area (Å²) in [5.74, 6) is -1.20. The van der Waals surface area contributed by atoms with Crippen molar-refractivity contribution >= 4 is 11.8 Å². The minimum Gasteiger partial charge on any atom is -0.493 e. The molecule has 0 saturated heterocycles. The first-order valence-corrected chi connectivity index (χ1v) is 12.5. The molecular weight excluding hydrogens is 476 g/mol. The molecule has 0 atom stereocenters. The van der Waals surface area contributed by atoms with E-state index >= 15 is 0 Å². The second-order valence-corrected chi connectivity index (χ2v) is 9.17. The molecule has 0 aliphatic carbocycles. The summed E-state index contributed by atoms with van der Waals surface area (Å²) in [6.45, 7) is 2.40. The van der Waals surface area contributed by atoms with Gasteiger partial charge in [0.1, 0.15) is 17.4 Å². The molecule has 1 aliphatic rings. The molecule has 0 fully saturated rings. The first-order valence-electron chi connectivity index (χ1n) is 12.5. The third-order valence-electron chi connectivity index (χ3n) is 6.12. The monoisotopic (exact) mass is 507 g/mol. The van der Waals surface area contributed by atoms with Crippen molar-refractivity contribution in [1.29, 1.82) is 0 Å². The lowest BCUT2D eigenvalue weighted by atomic mass is 10.1. The van der Waals surface area contributed by atoms with Gasteiger partial charge in [-0.2, -0.15) is 0 Å². The average molecular weight is 508 g/mol. The standard InChI is InChI=1S/C29H31F2N3O3/c30-25-13-22(14-26(31)16-25)17-33-29(36)23-9-10-24-19-34(18-21-7-3-1-4-8-21)20-28(35)32-11-5-2-6-12-37-27(24)15-23/h1,3-4,7-10,13-16H,2,5-6,11-12,17-20H2,(H,32,35)(H,33,36). The molecule has 2 amide bonds. The molecule has 2 N–H and O–H groups in total. The highest BCUT2D eigenvalue weighted by Gasteiger charge is 2.17. The largest absolute Gasteiger partial charge is 0.493 e. The Bertz CT molecular complexity index is 1200. The fraction of sp³-hybridized carbons (Fsp3) is 0.310. The van der Waals surface area contributed by atoms with E-state index in [1.165, 1.54) is 12.1 Å². The summed E-state index contributed by atoms with van der Waals surface area (Å²) in [7, 11) is 0. The van der Waals surface area contributed by atoms with Crippen LogP contribution < -0.4 is 15.4 Å². The summed E-state index contributed by atoms with van der Waals surface area (Å²) in [6.07, 6.45) is 2.60. The molecule has 8 heteroatoms. The van der Waals surface area contributed by atoms with Crippen LogP contribution in [0.3, 0.4) is 0 Å². The number of benzene rings is 3. The summed E-state index contributed by atoms with van der Waals surface area (Å²) in [6, 6.07) is 18.3. The average Bonchev–Trinajstić information content (AvgIpc) is 2.88. The Morgan fingerprint density at radius 2 is 1.70 bits per heavy atom. The zero-order valence-electron chi connectivity index (χ0n) is 20.6. The second kappa shape index (κ2) is 13.0. The van der Waals surface area contributed by atoms with Crippen LogP contribution >= 0.6 is 0 Å². The molecule has 0 bridgehead atoms. The highest BCUT2D eigenvalue weighted by atomic mass is 19.1. The molecule has 37 heavy (non-hydrogen) atoms. The number of nitrogens with zero attached hydrogens (tertiary/aromatic N) is 1. The van der Waals surface area contributed by atoms with Crippen LogP contribution in [-0.4, -0.2) is 36.4 Å². The number of rotatable bonds is 5. The first kappa shape index (κ1) is 26.3. The van der Waals surface area contributed by atoms with E-state index in [9.17, 15) is 18.4 Å². The number of hydrogen-bond donors (Lipinski definition) is 2. The van der Waals surface area contributed by atoms with Gasteiger partial charge in [0.25, 0.3) is 5.91 Å². The molecule has 1 aliphatic heterocycles. The zero-order valence-corrected chi connectivity index (χ0v) is 20.6. The number of carbonyl (C=O) groups is 2. The van der Waals surface area contributed by atoms with E-state index in [0.717, 1.165) is 36.5 Å². The summed E-state index contributed by atoms with van der Waals surface area (Å²) < 4.78 is 33.0. The van der Waals surface area contributed by atoms with Crippen LogP contribution in [0.1, 0.15) is 46.3 Å². The maximum absolute atomic E-state index is 13.5. The first-order chi connectivity index (χ1) is 18.0. The van der Waals surface area contributed by atoms with Crippen molar-refractivity contribution in [3.8, 4) is 5.75 Å². The van der Waals surface area contributed by atoms with Crippen LogP contribution in [0.5, 0.6) is 5.75 Å². The van der Waals surface area contributed by atoms with Crippen molar-refractivity contribution in [1.82, 2.24) is 15.5 Å². The number of amides is 2. The molecule has 3 aromatic carbocycles. The number of halogens is 2. The molecule has 194 valence electrons. The van der Waals surface area contributed by atoms with Crippen molar-refractivity contribution in [3.63, 3.8) is 0 Å². The van der Waals surface area contributed by atoms with Crippen LogP contribution in [-0.2, 0) is 24.4 Å². The van der Waals surface area contributed by atoms with Crippen molar-refractivity contribution in [2.75, 3.05) is 19.7 Å². The lowest BCUT2D eigenvalue weighted by molar-refractivity contribution is -0.122. The Labute approximate surface area is 215 Å². The predicted octanol–water partition coefficient (Wildman–Crippen LogP) is 4.58. The van der Waals surface area contributed by atoms with E-state index in [4.69, 9.17) is 4.74 Å². The molecule has 0 aromatic heterocycles. The maximum Gasteiger partial charge on any atom is 0.251 e. The Kier molecular flexibility index (Phi) is 9.21. The molecule has 1 heterocycles. The van der Waals surface area contributed by atoms with E-state index in [1.54, 1.807) is 12.1 Å². The van der Waals surface area contributed by atoms with Crippen LogP contribution in [0.2, 0.25) is 0 Å². The molecule has 4 rings (SSSR count). The van der Waals surface area contributed by atoms with Gasteiger partial charge in [0, 0.05) is 43.4 Å². The van der Waals surface area contributed by atoms with E-state index in [0.29, 0.717) is 43.1 Å². The number of carbonyl (C=O) groups excluding carboxylic acids is 2. The van der Waals surface area contributed by atoms with E-state index in [1.807, 2.05) is 41.3 Å². The molecule has 0 saturated carbocycles. The lowest BCUT2D eigenvalue weighted by Gasteiger charge is -2.23. The van der Waals surface area contributed by atoms with Gasteiger partial charge in [-0.25, -0.2) is 8.78 Å². The fourth-order valence-corrected chi connectivity index (χ4v) is 4.28. The number of hydrogen-bond acceptors (Lipinski definition) is 4. The van der Waals surface area contributed by atoms with Gasteiger partial charge in [0.15, 0.2) is 0 Å². The molecular formula is C29H31F2N3O3. The number of nitrogens with one attached hydrogen (secondary N) is 2. The third-order valence-corrected chi connectivity index (χ3v) is 6.12. The van der Waals surface area contributed by atoms with E-state index in [2.05, 4.69) is 10.6 Å². The van der Waals surface area contributed by atoms with Gasteiger partial charge in [-0.05, 0) is 54.7 Å². The quantitative estimate of drug-likeness (QED) is 0.531. The number of fused-ring (bicyclic) bond motifs is 1. The molecule has 0 spiro atoms. The van der Waals surface area contributed by atoms with Gasteiger partial charge in [-0.3, -0.25) is 14.5 Å². The molecule has 3 aromatic rings. The van der Waals surface area contributed by atoms with Gasteiger partial charge in [-0.1, -0.05) is 36.4 Å². The van der Waals surface area contributed by atoms with E-state index in [-0.39, 0.29) is 24.9 Å². The summed E-state index contributed by atoms with van der Waals surface area (Å²) in [5.41, 5.74) is 2.67. The normalized spacial score (nSPS) is 15.2. The van der Waals surface area contributed by atoms with Gasteiger partial charge in [0.05, 0.1) is 13.2 Å². The van der Waals surface area contributed by atoms with Crippen LogP contribution in [0.25, 0.3) is 0 Å². The summed E-state index contributed by atoms with van der Waals surface area (Å²) in [5, 5.41) is 5.71. The van der Waals surface area contributed by atoms with Crippen LogP contribution in [0.15, 0.2) is 66.7 Å². The summed E-state index contributed by atoms with van der Waals surface area (Å²) in [4.78, 5) is 27.5. The highest BCUT2D eigenvalue weighted by molar-refractivity contribution is 5.94. The van der Waals surface area contributed by atoms with Crippen LogP contribution in [0, 0.1) is 11.6 Å². The van der Waals surface area contributed by atoms with Crippen molar-refractivity contribution in [3.05, 3.63) is 101 Å². The summed E-state index contributed by atoms with van der Waals surface area (Å²) >= 11 is 0. The fourth-order valence-electron chi connectivity index (χ4n) is 4.28. The third kappa shape index (κ3) is 8.11. The van der Waals surface area contributed by atoms with Gasteiger partial charge in [0.2, 0.25) is 5.91 Å². The maximum atomic E-state index is 13.5. The van der Waals surface area contributed by atoms with Gasteiger partial charge in [-0.15, -0.1) is 0 Å². The smallest absolute Gasteiger partial charge is 0.251 e. The van der Waals surface area contributed by atoms with Crippen LogP contribution in [0.4, 0.5) is 8.78 Å². The Morgan fingerprint density at radius 3 is 2.49 bits per heavy atom. The van der Waals surface area contributed by atoms with Gasteiger partial charge >= 0.3 is 0 Å². The Hall–Kier alpha value is -3.78.